The molecule has 1 amide bonds. The Kier molecular flexibility index (Phi) is 4.11. The predicted molar refractivity (Wildman–Crippen MR) is 85.3 cm³/mol. The van der Waals surface area contributed by atoms with Gasteiger partial charge in [-0.2, -0.15) is 0 Å². The molecule has 0 bridgehead atoms. The predicted octanol–water partition coefficient (Wildman–Crippen LogP) is 3.37. The van der Waals surface area contributed by atoms with Crippen molar-refractivity contribution in [3.05, 3.63) is 75.8 Å². The number of carbonyl (C=O) groups is 1. The fraction of sp³-hybridized carbons (Fsp3) is 0.188. The van der Waals surface area contributed by atoms with Crippen LogP contribution in [0.4, 0.5) is 5.69 Å². The summed E-state index contributed by atoms with van der Waals surface area (Å²) in [5.41, 5.74) is 2.05. The summed E-state index contributed by atoms with van der Waals surface area (Å²) in [6.45, 7) is 0.550. The van der Waals surface area contributed by atoms with Gasteiger partial charge in [0.2, 0.25) is 5.91 Å². The van der Waals surface area contributed by atoms with Crippen molar-refractivity contribution in [2.45, 2.75) is 11.9 Å². The molecule has 0 aromatic heterocycles. The fourth-order valence-electron chi connectivity index (χ4n) is 2.44. The van der Waals surface area contributed by atoms with Gasteiger partial charge < -0.3 is 4.90 Å². The van der Waals surface area contributed by atoms with Crippen LogP contribution in [-0.4, -0.2) is 21.5 Å². The number of thioether (sulfide) groups is 1. The molecule has 2 aromatic carbocycles. The van der Waals surface area contributed by atoms with Crippen LogP contribution in [0.1, 0.15) is 16.5 Å². The summed E-state index contributed by atoms with van der Waals surface area (Å²) in [6.07, 6.45) is 0. The number of nitro groups is 1. The topological polar surface area (TPSA) is 63.4 Å². The minimum Gasteiger partial charge on any atom is -0.322 e. The highest BCUT2D eigenvalue weighted by Crippen LogP contribution is 2.39. The maximum absolute atomic E-state index is 12.1. The molecule has 1 atom stereocenters. The molecule has 112 valence electrons. The van der Waals surface area contributed by atoms with Crippen molar-refractivity contribution in [3.63, 3.8) is 0 Å². The standard InChI is InChI=1S/C16H14N2O3S/c19-15-11-22-16(13-6-8-14(9-7-13)18(20)21)17(15)10-12-4-2-1-3-5-12/h1-9,16H,10-11H2/t16-/m1/s1. The van der Waals surface area contributed by atoms with E-state index < -0.39 is 4.92 Å². The van der Waals surface area contributed by atoms with E-state index in [1.807, 2.05) is 35.2 Å². The summed E-state index contributed by atoms with van der Waals surface area (Å²) in [7, 11) is 0. The molecule has 0 N–H and O–H groups in total. The van der Waals surface area contributed by atoms with Crippen molar-refractivity contribution >= 4 is 23.4 Å². The minimum atomic E-state index is -0.418. The molecule has 0 aliphatic carbocycles. The first-order valence-electron chi connectivity index (χ1n) is 6.84. The van der Waals surface area contributed by atoms with Crippen LogP contribution in [0.5, 0.6) is 0 Å². The van der Waals surface area contributed by atoms with Crippen molar-refractivity contribution in [1.29, 1.82) is 0 Å². The van der Waals surface area contributed by atoms with Crippen molar-refractivity contribution in [1.82, 2.24) is 4.90 Å². The van der Waals surface area contributed by atoms with Crippen LogP contribution >= 0.6 is 11.8 Å². The normalized spacial score (nSPS) is 17.7. The lowest BCUT2D eigenvalue weighted by Crippen LogP contribution is -2.27. The molecule has 1 aliphatic rings. The highest BCUT2D eigenvalue weighted by atomic mass is 32.2. The summed E-state index contributed by atoms with van der Waals surface area (Å²) in [4.78, 5) is 24.3. The van der Waals surface area contributed by atoms with Gasteiger partial charge in [-0.15, -0.1) is 11.8 Å². The van der Waals surface area contributed by atoms with Crippen LogP contribution in [0, 0.1) is 10.1 Å². The van der Waals surface area contributed by atoms with E-state index in [1.54, 1.807) is 23.9 Å². The molecule has 22 heavy (non-hydrogen) atoms. The van der Waals surface area contributed by atoms with Gasteiger partial charge in [-0.05, 0) is 23.3 Å². The number of hydrogen-bond donors (Lipinski definition) is 0. The van der Waals surface area contributed by atoms with E-state index in [9.17, 15) is 14.9 Å². The third-order valence-electron chi connectivity index (χ3n) is 3.55. The maximum atomic E-state index is 12.1. The van der Waals surface area contributed by atoms with Crippen LogP contribution in [0.25, 0.3) is 0 Å². The van der Waals surface area contributed by atoms with Gasteiger partial charge in [0.05, 0.1) is 10.7 Å². The van der Waals surface area contributed by atoms with Crippen LogP contribution in [-0.2, 0) is 11.3 Å². The zero-order chi connectivity index (χ0) is 15.5. The minimum absolute atomic E-state index is 0.0627. The molecular formula is C16H14N2O3S. The van der Waals surface area contributed by atoms with Gasteiger partial charge in [-0.1, -0.05) is 30.3 Å². The quantitative estimate of drug-likeness (QED) is 0.641. The maximum Gasteiger partial charge on any atom is 0.269 e. The Morgan fingerprint density at radius 2 is 1.82 bits per heavy atom. The molecule has 0 spiro atoms. The highest BCUT2D eigenvalue weighted by Gasteiger charge is 2.32. The van der Waals surface area contributed by atoms with Gasteiger partial charge in [-0.3, -0.25) is 14.9 Å². The molecular weight excluding hydrogens is 300 g/mol. The van der Waals surface area contributed by atoms with Crippen LogP contribution in [0.15, 0.2) is 54.6 Å². The Morgan fingerprint density at radius 1 is 1.14 bits per heavy atom. The Morgan fingerprint density at radius 3 is 2.45 bits per heavy atom. The lowest BCUT2D eigenvalue weighted by Gasteiger charge is -2.24. The number of nitrogens with zero attached hydrogens (tertiary/aromatic N) is 2. The number of hydrogen-bond acceptors (Lipinski definition) is 4. The first-order chi connectivity index (χ1) is 10.6. The summed E-state index contributed by atoms with van der Waals surface area (Å²) in [5, 5.41) is 10.6. The second kappa shape index (κ2) is 6.19. The fourth-order valence-corrected chi connectivity index (χ4v) is 3.63. The number of benzene rings is 2. The molecule has 2 aromatic rings. The van der Waals surface area contributed by atoms with E-state index in [1.165, 1.54) is 12.1 Å². The molecule has 3 rings (SSSR count). The average Bonchev–Trinajstić information content (AvgIpc) is 2.89. The number of non-ortho nitro benzene ring substituents is 1. The van der Waals surface area contributed by atoms with E-state index >= 15 is 0 Å². The average molecular weight is 314 g/mol. The monoisotopic (exact) mass is 314 g/mol. The SMILES string of the molecule is O=C1CS[C@H](c2ccc([N+](=O)[O-])cc2)N1Cc1ccccc1. The molecule has 1 fully saturated rings. The second-order valence-electron chi connectivity index (χ2n) is 5.02. The smallest absolute Gasteiger partial charge is 0.269 e. The number of amides is 1. The van der Waals surface area contributed by atoms with Gasteiger partial charge in [0.1, 0.15) is 5.37 Å². The lowest BCUT2D eigenvalue weighted by molar-refractivity contribution is -0.384. The molecule has 0 unspecified atom stereocenters. The molecule has 1 aliphatic heterocycles. The zero-order valence-corrected chi connectivity index (χ0v) is 12.5. The van der Waals surface area contributed by atoms with Gasteiger partial charge in [-0.25, -0.2) is 0 Å². The van der Waals surface area contributed by atoms with E-state index in [0.29, 0.717) is 12.3 Å². The van der Waals surface area contributed by atoms with E-state index in [-0.39, 0.29) is 17.0 Å². The van der Waals surface area contributed by atoms with Crippen molar-refractivity contribution in [3.8, 4) is 0 Å². The van der Waals surface area contributed by atoms with E-state index in [2.05, 4.69) is 0 Å². The van der Waals surface area contributed by atoms with Gasteiger partial charge in [0.25, 0.3) is 5.69 Å². The number of carbonyl (C=O) groups excluding carboxylic acids is 1. The van der Waals surface area contributed by atoms with Crippen molar-refractivity contribution < 1.29 is 9.72 Å². The zero-order valence-electron chi connectivity index (χ0n) is 11.7. The highest BCUT2D eigenvalue weighted by molar-refractivity contribution is 8.00. The van der Waals surface area contributed by atoms with Gasteiger partial charge in [0, 0.05) is 18.7 Å². The number of rotatable bonds is 4. The second-order valence-corrected chi connectivity index (χ2v) is 6.09. The third-order valence-corrected chi connectivity index (χ3v) is 4.81. The molecule has 0 radical (unpaired) electrons. The van der Waals surface area contributed by atoms with Crippen LogP contribution in [0.2, 0.25) is 0 Å². The van der Waals surface area contributed by atoms with Gasteiger partial charge in [0.15, 0.2) is 0 Å². The van der Waals surface area contributed by atoms with E-state index in [0.717, 1.165) is 11.1 Å². The Hall–Kier alpha value is -2.34. The lowest BCUT2D eigenvalue weighted by atomic mass is 10.1. The summed E-state index contributed by atoms with van der Waals surface area (Å²) in [5.74, 6) is 0.534. The molecule has 1 heterocycles. The Balaban J connectivity index is 1.82. The molecule has 6 heteroatoms. The Bertz CT molecular complexity index is 688. The van der Waals surface area contributed by atoms with Crippen LogP contribution < -0.4 is 0 Å². The summed E-state index contributed by atoms with van der Waals surface area (Å²) in [6, 6.07) is 16.2. The Labute approximate surface area is 132 Å². The summed E-state index contributed by atoms with van der Waals surface area (Å²) < 4.78 is 0. The first-order valence-corrected chi connectivity index (χ1v) is 7.89. The first kappa shape index (κ1) is 14.6. The largest absolute Gasteiger partial charge is 0.322 e. The van der Waals surface area contributed by atoms with Gasteiger partial charge >= 0.3 is 0 Å². The molecule has 5 nitrogen and oxygen atoms in total. The summed E-state index contributed by atoms with van der Waals surface area (Å²) >= 11 is 1.55. The molecule has 1 saturated heterocycles. The van der Waals surface area contributed by atoms with E-state index in [4.69, 9.17) is 0 Å². The van der Waals surface area contributed by atoms with Crippen molar-refractivity contribution in [2.75, 3.05) is 5.75 Å². The molecule has 0 saturated carbocycles. The van der Waals surface area contributed by atoms with Crippen molar-refractivity contribution in [2.24, 2.45) is 0 Å². The third kappa shape index (κ3) is 2.96. The number of nitro benzene ring substituents is 1. The van der Waals surface area contributed by atoms with Crippen LogP contribution in [0.3, 0.4) is 0 Å².